The molecule has 1 fully saturated rings. The molecule has 0 aliphatic carbocycles. The van der Waals surface area contributed by atoms with Crippen molar-refractivity contribution in [1.82, 2.24) is 14.9 Å². The van der Waals surface area contributed by atoms with Gasteiger partial charge in [-0.2, -0.15) is 0 Å². The second-order valence-electron chi connectivity index (χ2n) is 7.53. The summed E-state index contributed by atoms with van der Waals surface area (Å²) in [6, 6.07) is 7.97. The highest BCUT2D eigenvalue weighted by atomic mass is 16.2. The zero-order chi connectivity index (χ0) is 19.6. The zero-order valence-electron chi connectivity index (χ0n) is 16.9. The lowest BCUT2D eigenvalue weighted by Gasteiger charge is -2.35. The molecule has 144 valence electrons. The van der Waals surface area contributed by atoms with E-state index in [0.717, 1.165) is 41.7 Å². The Labute approximate surface area is 161 Å². The van der Waals surface area contributed by atoms with Crippen molar-refractivity contribution in [2.45, 2.75) is 40.5 Å². The molecule has 2 aromatic rings. The number of piperazine rings is 1. The van der Waals surface area contributed by atoms with Gasteiger partial charge in [0.2, 0.25) is 0 Å². The number of rotatable bonds is 3. The van der Waals surface area contributed by atoms with Gasteiger partial charge in [-0.25, -0.2) is 14.8 Å². The van der Waals surface area contributed by atoms with Crippen LogP contribution in [0.2, 0.25) is 0 Å². The van der Waals surface area contributed by atoms with Crippen molar-refractivity contribution in [1.29, 1.82) is 0 Å². The largest absolute Gasteiger partial charge is 0.353 e. The molecule has 0 radical (unpaired) electrons. The molecule has 1 aliphatic heterocycles. The Kier molecular flexibility index (Phi) is 5.63. The van der Waals surface area contributed by atoms with Crippen LogP contribution in [-0.4, -0.2) is 47.1 Å². The molecule has 1 aromatic carbocycles. The minimum Gasteiger partial charge on any atom is -0.353 e. The fraction of sp³-hybridized carbons (Fsp3) is 0.476. The van der Waals surface area contributed by atoms with Gasteiger partial charge in [0, 0.05) is 49.5 Å². The number of anilines is 2. The Bertz CT molecular complexity index is 825. The van der Waals surface area contributed by atoms with Crippen LogP contribution in [0, 0.1) is 20.8 Å². The highest BCUT2D eigenvalue weighted by molar-refractivity contribution is 5.90. The third kappa shape index (κ3) is 4.38. The summed E-state index contributed by atoms with van der Waals surface area (Å²) in [5, 5.41) is 3.05. The van der Waals surface area contributed by atoms with Crippen LogP contribution in [0.15, 0.2) is 24.3 Å². The highest BCUT2D eigenvalue weighted by Gasteiger charge is 2.23. The fourth-order valence-corrected chi connectivity index (χ4v) is 3.21. The Hall–Kier alpha value is -2.63. The average molecular weight is 367 g/mol. The monoisotopic (exact) mass is 367 g/mol. The molecule has 1 N–H and O–H groups in total. The summed E-state index contributed by atoms with van der Waals surface area (Å²) in [5.74, 6) is 2.13. The Morgan fingerprint density at radius 1 is 1.07 bits per heavy atom. The molecule has 0 saturated carbocycles. The normalized spacial score (nSPS) is 14.6. The summed E-state index contributed by atoms with van der Waals surface area (Å²) in [4.78, 5) is 26.0. The number of nitrogens with one attached hydrogen (secondary N) is 1. The number of aromatic nitrogens is 2. The molecule has 3 rings (SSSR count). The van der Waals surface area contributed by atoms with Gasteiger partial charge < -0.3 is 15.1 Å². The van der Waals surface area contributed by atoms with Gasteiger partial charge in [-0.15, -0.1) is 0 Å². The van der Waals surface area contributed by atoms with Gasteiger partial charge in [-0.05, 0) is 38.0 Å². The third-order valence-corrected chi connectivity index (χ3v) is 5.11. The first kappa shape index (κ1) is 19.1. The first-order chi connectivity index (χ1) is 12.8. The van der Waals surface area contributed by atoms with Crippen molar-refractivity contribution in [3.8, 4) is 0 Å². The molecule has 27 heavy (non-hydrogen) atoms. The van der Waals surface area contributed by atoms with Crippen LogP contribution in [0.4, 0.5) is 16.3 Å². The molecule has 0 spiro atoms. The second kappa shape index (κ2) is 7.94. The predicted octanol–water partition coefficient (Wildman–Crippen LogP) is 3.88. The van der Waals surface area contributed by atoms with Gasteiger partial charge in [-0.3, -0.25) is 0 Å². The van der Waals surface area contributed by atoms with Crippen LogP contribution in [0.25, 0.3) is 0 Å². The lowest BCUT2D eigenvalue weighted by Crippen LogP contribution is -2.50. The van der Waals surface area contributed by atoms with E-state index >= 15 is 0 Å². The van der Waals surface area contributed by atoms with E-state index < -0.39 is 0 Å². The van der Waals surface area contributed by atoms with Gasteiger partial charge in [0.25, 0.3) is 0 Å². The summed E-state index contributed by atoms with van der Waals surface area (Å²) in [6.07, 6.45) is 0. The first-order valence-electron chi connectivity index (χ1n) is 9.58. The van der Waals surface area contributed by atoms with Crippen molar-refractivity contribution < 1.29 is 4.79 Å². The maximum absolute atomic E-state index is 12.6. The van der Waals surface area contributed by atoms with Crippen molar-refractivity contribution in [2.24, 2.45) is 0 Å². The molecule has 2 heterocycles. The molecule has 1 aromatic heterocycles. The molecule has 0 bridgehead atoms. The Morgan fingerprint density at radius 2 is 1.78 bits per heavy atom. The minimum atomic E-state index is -0.0370. The molecule has 1 saturated heterocycles. The standard InChI is InChI=1S/C21H29N5O/c1-14(2)20-22-16(4)13-19(24-20)25-9-11-26(12-10-25)21(27)23-18-8-6-7-15(3)17(18)5/h6-8,13-14H,9-12H2,1-5H3,(H,23,27). The van der Waals surface area contributed by atoms with E-state index in [9.17, 15) is 4.79 Å². The zero-order valence-corrected chi connectivity index (χ0v) is 16.9. The molecule has 1 aliphatic rings. The van der Waals surface area contributed by atoms with E-state index in [1.165, 1.54) is 5.56 Å². The van der Waals surface area contributed by atoms with Crippen molar-refractivity contribution in [3.05, 3.63) is 46.9 Å². The molecule has 2 amide bonds. The summed E-state index contributed by atoms with van der Waals surface area (Å²) < 4.78 is 0. The number of urea groups is 1. The van der Waals surface area contributed by atoms with Crippen molar-refractivity contribution >= 4 is 17.5 Å². The lowest BCUT2D eigenvalue weighted by atomic mass is 10.1. The van der Waals surface area contributed by atoms with Gasteiger partial charge >= 0.3 is 6.03 Å². The fourth-order valence-electron chi connectivity index (χ4n) is 3.21. The average Bonchev–Trinajstić information content (AvgIpc) is 2.65. The van der Waals surface area contributed by atoms with E-state index in [4.69, 9.17) is 4.98 Å². The SMILES string of the molecule is Cc1cc(N2CCN(C(=O)Nc3cccc(C)c3C)CC2)nc(C(C)C)n1. The molecule has 6 heteroatoms. The topological polar surface area (TPSA) is 61.4 Å². The Morgan fingerprint density at radius 3 is 2.44 bits per heavy atom. The van der Waals surface area contributed by atoms with E-state index in [2.05, 4.69) is 42.0 Å². The summed E-state index contributed by atoms with van der Waals surface area (Å²) in [7, 11) is 0. The van der Waals surface area contributed by atoms with E-state index in [1.54, 1.807) is 0 Å². The van der Waals surface area contributed by atoms with Gasteiger partial charge in [0.05, 0.1) is 0 Å². The van der Waals surface area contributed by atoms with Crippen molar-refractivity contribution in [3.63, 3.8) is 0 Å². The van der Waals surface area contributed by atoms with Gasteiger partial charge in [0.15, 0.2) is 0 Å². The van der Waals surface area contributed by atoms with E-state index in [-0.39, 0.29) is 6.03 Å². The summed E-state index contributed by atoms with van der Waals surface area (Å²) in [5.41, 5.74) is 4.16. The predicted molar refractivity (Wildman–Crippen MR) is 110 cm³/mol. The van der Waals surface area contributed by atoms with Crippen molar-refractivity contribution in [2.75, 3.05) is 36.4 Å². The lowest BCUT2D eigenvalue weighted by molar-refractivity contribution is 0.208. The molecule has 0 unspecified atom stereocenters. The number of amides is 2. The summed E-state index contributed by atoms with van der Waals surface area (Å²) >= 11 is 0. The van der Waals surface area contributed by atoms with Crippen LogP contribution >= 0.6 is 0 Å². The molecule has 6 nitrogen and oxygen atoms in total. The van der Waals surface area contributed by atoms with Gasteiger partial charge in [0.1, 0.15) is 11.6 Å². The molecule has 0 atom stereocenters. The number of nitrogens with zero attached hydrogens (tertiary/aromatic N) is 4. The maximum Gasteiger partial charge on any atom is 0.321 e. The number of aryl methyl sites for hydroxylation is 2. The van der Waals surface area contributed by atoms with Crippen LogP contribution in [0.5, 0.6) is 0 Å². The quantitative estimate of drug-likeness (QED) is 0.894. The number of carbonyl (C=O) groups excluding carboxylic acids is 1. The van der Waals surface area contributed by atoms with Crippen LogP contribution < -0.4 is 10.2 Å². The minimum absolute atomic E-state index is 0.0370. The van der Waals surface area contributed by atoms with E-state index in [0.29, 0.717) is 19.0 Å². The first-order valence-corrected chi connectivity index (χ1v) is 9.58. The van der Waals surface area contributed by atoms with Crippen LogP contribution in [-0.2, 0) is 0 Å². The van der Waals surface area contributed by atoms with Crippen LogP contribution in [0.3, 0.4) is 0 Å². The number of benzene rings is 1. The van der Waals surface area contributed by atoms with Crippen LogP contribution in [0.1, 0.15) is 42.4 Å². The van der Waals surface area contributed by atoms with Gasteiger partial charge in [-0.1, -0.05) is 26.0 Å². The molecular weight excluding hydrogens is 338 g/mol. The number of carbonyl (C=O) groups is 1. The van der Waals surface area contributed by atoms with E-state index in [1.807, 2.05) is 36.9 Å². The summed E-state index contributed by atoms with van der Waals surface area (Å²) in [6.45, 7) is 13.2. The second-order valence-corrected chi connectivity index (χ2v) is 7.53. The highest BCUT2D eigenvalue weighted by Crippen LogP contribution is 2.21. The Balaban J connectivity index is 1.63. The smallest absolute Gasteiger partial charge is 0.321 e. The number of hydrogen-bond acceptors (Lipinski definition) is 4. The number of hydrogen-bond donors (Lipinski definition) is 1. The maximum atomic E-state index is 12.6. The third-order valence-electron chi connectivity index (χ3n) is 5.11. The molecular formula is C21H29N5O.